The number of piperidine rings is 1. The standard InChI is InChI=1S/C21H25N3O4/c1-15(23-20(26)18-8-11-28-14-18)19(25)22-13-16-6-5-7-17(12-16)21(27)24-9-3-2-4-10-24/h5-8,11-12,14-15H,2-4,9-10,13H2,1H3,(H,22,25)(H,23,26). The minimum atomic E-state index is -0.694. The van der Waals surface area contributed by atoms with Crippen LogP contribution in [-0.4, -0.2) is 41.8 Å². The molecule has 1 aromatic heterocycles. The van der Waals surface area contributed by atoms with E-state index in [1.165, 1.54) is 25.0 Å². The van der Waals surface area contributed by atoms with Crippen molar-refractivity contribution in [3.63, 3.8) is 0 Å². The molecule has 0 aliphatic carbocycles. The zero-order valence-corrected chi connectivity index (χ0v) is 15.9. The van der Waals surface area contributed by atoms with Crippen LogP contribution in [0.5, 0.6) is 0 Å². The Bertz CT molecular complexity index is 826. The van der Waals surface area contributed by atoms with Crippen molar-refractivity contribution in [2.45, 2.75) is 38.8 Å². The lowest BCUT2D eigenvalue weighted by Gasteiger charge is -2.26. The van der Waals surface area contributed by atoms with E-state index in [9.17, 15) is 14.4 Å². The monoisotopic (exact) mass is 383 g/mol. The predicted molar refractivity (Wildman–Crippen MR) is 104 cm³/mol. The first kappa shape index (κ1) is 19.7. The summed E-state index contributed by atoms with van der Waals surface area (Å²) in [5.41, 5.74) is 1.84. The molecule has 0 bridgehead atoms. The quantitative estimate of drug-likeness (QED) is 0.801. The number of amides is 3. The van der Waals surface area contributed by atoms with Crippen molar-refractivity contribution in [1.29, 1.82) is 0 Å². The largest absolute Gasteiger partial charge is 0.472 e. The smallest absolute Gasteiger partial charge is 0.255 e. The highest BCUT2D eigenvalue weighted by molar-refractivity contribution is 5.97. The van der Waals surface area contributed by atoms with Crippen LogP contribution in [0, 0.1) is 0 Å². The van der Waals surface area contributed by atoms with Crippen LogP contribution in [0.25, 0.3) is 0 Å². The van der Waals surface area contributed by atoms with Gasteiger partial charge in [0, 0.05) is 25.2 Å². The Morgan fingerprint density at radius 2 is 1.89 bits per heavy atom. The van der Waals surface area contributed by atoms with Crippen molar-refractivity contribution < 1.29 is 18.8 Å². The highest BCUT2D eigenvalue weighted by atomic mass is 16.3. The van der Waals surface area contributed by atoms with Gasteiger partial charge in [0.1, 0.15) is 12.3 Å². The summed E-state index contributed by atoms with van der Waals surface area (Å²) in [6.45, 7) is 3.50. The zero-order chi connectivity index (χ0) is 19.9. The highest BCUT2D eigenvalue weighted by Crippen LogP contribution is 2.14. The van der Waals surface area contributed by atoms with Gasteiger partial charge in [-0.05, 0) is 49.9 Å². The van der Waals surface area contributed by atoms with Gasteiger partial charge in [0.25, 0.3) is 11.8 Å². The van der Waals surface area contributed by atoms with E-state index in [1.54, 1.807) is 13.0 Å². The Balaban J connectivity index is 1.53. The normalized spacial score (nSPS) is 15.0. The summed E-state index contributed by atoms with van der Waals surface area (Å²) in [4.78, 5) is 38.7. The van der Waals surface area contributed by atoms with Gasteiger partial charge in [-0.3, -0.25) is 14.4 Å². The van der Waals surface area contributed by atoms with Crippen molar-refractivity contribution >= 4 is 17.7 Å². The molecule has 0 spiro atoms. The van der Waals surface area contributed by atoms with Crippen molar-refractivity contribution in [3.8, 4) is 0 Å². The molecular weight excluding hydrogens is 358 g/mol. The predicted octanol–water partition coefficient (Wildman–Crippen LogP) is 2.34. The summed E-state index contributed by atoms with van der Waals surface area (Å²) in [5, 5.41) is 5.41. The van der Waals surface area contributed by atoms with Gasteiger partial charge in [-0.15, -0.1) is 0 Å². The Morgan fingerprint density at radius 3 is 2.61 bits per heavy atom. The third kappa shape index (κ3) is 5.00. The lowest BCUT2D eigenvalue weighted by molar-refractivity contribution is -0.122. The number of benzene rings is 1. The topological polar surface area (TPSA) is 91.6 Å². The molecule has 1 unspecified atom stereocenters. The molecule has 7 nitrogen and oxygen atoms in total. The molecule has 28 heavy (non-hydrogen) atoms. The lowest BCUT2D eigenvalue weighted by atomic mass is 10.1. The maximum absolute atomic E-state index is 12.6. The number of carbonyl (C=O) groups excluding carboxylic acids is 3. The Kier molecular flexibility index (Phi) is 6.47. The Labute approximate surface area is 164 Å². The molecule has 7 heteroatoms. The van der Waals surface area contributed by atoms with E-state index in [-0.39, 0.29) is 24.3 Å². The average molecular weight is 383 g/mol. The van der Waals surface area contributed by atoms with Crippen LogP contribution in [0.2, 0.25) is 0 Å². The second-order valence-corrected chi connectivity index (χ2v) is 6.98. The van der Waals surface area contributed by atoms with E-state index in [1.807, 2.05) is 23.1 Å². The van der Waals surface area contributed by atoms with E-state index >= 15 is 0 Å². The minimum Gasteiger partial charge on any atom is -0.472 e. The lowest BCUT2D eigenvalue weighted by Crippen LogP contribution is -2.44. The maximum atomic E-state index is 12.6. The van der Waals surface area contributed by atoms with Crippen LogP contribution in [-0.2, 0) is 11.3 Å². The summed E-state index contributed by atoms with van der Waals surface area (Å²) < 4.78 is 4.86. The van der Waals surface area contributed by atoms with Gasteiger partial charge in [-0.2, -0.15) is 0 Å². The van der Waals surface area contributed by atoms with E-state index in [4.69, 9.17) is 4.42 Å². The number of carbonyl (C=O) groups is 3. The third-order valence-corrected chi connectivity index (χ3v) is 4.81. The van der Waals surface area contributed by atoms with Gasteiger partial charge in [0.2, 0.25) is 5.91 Å². The van der Waals surface area contributed by atoms with E-state index < -0.39 is 6.04 Å². The fraction of sp³-hybridized carbons (Fsp3) is 0.381. The molecule has 2 aromatic rings. The van der Waals surface area contributed by atoms with Gasteiger partial charge in [0.15, 0.2) is 0 Å². The third-order valence-electron chi connectivity index (χ3n) is 4.81. The highest BCUT2D eigenvalue weighted by Gasteiger charge is 2.19. The van der Waals surface area contributed by atoms with Crippen molar-refractivity contribution in [1.82, 2.24) is 15.5 Å². The number of nitrogens with one attached hydrogen (secondary N) is 2. The average Bonchev–Trinajstić information content (AvgIpc) is 3.27. The van der Waals surface area contributed by atoms with Crippen LogP contribution in [0.15, 0.2) is 47.3 Å². The molecule has 2 heterocycles. The van der Waals surface area contributed by atoms with Crippen molar-refractivity contribution in [2.24, 2.45) is 0 Å². The molecule has 1 aromatic carbocycles. The number of hydrogen-bond donors (Lipinski definition) is 2. The minimum absolute atomic E-state index is 0.0358. The summed E-state index contributed by atoms with van der Waals surface area (Å²) in [5.74, 6) is -0.635. The molecule has 0 radical (unpaired) electrons. The van der Waals surface area contributed by atoms with Crippen LogP contribution in [0.1, 0.15) is 52.5 Å². The van der Waals surface area contributed by atoms with Crippen LogP contribution in [0.3, 0.4) is 0 Å². The summed E-state index contributed by atoms with van der Waals surface area (Å²) in [6, 6.07) is 8.14. The van der Waals surface area contributed by atoms with Crippen LogP contribution >= 0.6 is 0 Å². The fourth-order valence-electron chi connectivity index (χ4n) is 3.18. The molecule has 0 saturated carbocycles. The maximum Gasteiger partial charge on any atom is 0.255 e. The molecule has 3 amide bonds. The molecule has 1 aliphatic heterocycles. The first-order valence-electron chi connectivity index (χ1n) is 9.53. The molecule has 3 rings (SSSR count). The number of hydrogen-bond acceptors (Lipinski definition) is 4. The number of nitrogens with zero attached hydrogens (tertiary/aromatic N) is 1. The zero-order valence-electron chi connectivity index (χ0n) is 15.9. The number of rotatable bonds is 6. The van der Waals surface area contributed by atoms with E-state index in [0.717, 1.165) is 31.5 Å². The number of furan rings is 1. The van der Waals surface area contributed by atoms with Crippen LogP contribution in [0.4, 0.5) is 0 Å². The molecule has 1 saturated heterocycles. The molecule has 2 N–H and O–H groups in total. The first-order chi connectivity index (χ1) is 13.5. The van der Waals surface area contributed by atoms with Gasteiger partial charge in [-0.25, -0.2) is 0 Å². The SMILES string of the molecule is CC(NC(=O)c1ccoc1)C(=O)NCc1cccc(C(=O)N2CCCCC2)c1. The van der Waals surface area contributed by atoms with Crippen molar-refractivity contribution in [2.75, 3.05) is 13.1 Å². The van der Waals surface area contributed by atoms with Gasteiger partial charge in [0.05, 0.1) is 11.8 Å². The van der Waals surface area contributed by atoms with Gasteiger partial charge >= 0.3 is 0 Å². The first-order valence-corrected chi connectivity index (χ1v) is 9.53. The van der Waals surface area contributed by atoms with E-state index in [0.29, 0.717) is 11.1 Å². The molecule has 1 aliphatic rings. The Hall–Kier alpha value is -3.09. The van der Waals surface area contributed by atoms with E-state index in [2.05, 4.69) is 10.6 Å². The molecule has 1 fully saturated rings. The number of likely N-dealkylation sites (tertiary alicyclic amines) is 1. The summed E-state index contributed by atoms with van der Waals surface area (Å²) >= 11 is 0. The van der Waals surface area contributed by atoms with Crippen molar-refractivity contribution in [3.05, 3.63) is 59.5 Å². The summed E-state index contributed by atoms with van der Waals surface area (Å²) in [6.07, 6.45) is 5.99. The van der Waals surface area contributed by atoms with Gasteiger partial charge < -0.3 is 20.0 Å². The molecule has 1 atom stereocenters. The summed E-state index contributed by atoms with van der Waals surface area (Å²) in [7, 11) is 0. The second kappa shape index (κ2) is 9.21. The Morgan fingerprint density at radius 1 is 1.11 bits per heavy atom. The fourth-order valence-corrected chi connectivity index (χ4v) is 3.18. The molecular formula is C21H25N3O4. The second-order valence-electron chi connectivity index (χ2n) is 6.98. The molecule has 148 valence electrons. The van der Waals surface area contributed by atoms with Gasteiger partial charge in [-0.1, -0.05) is 12.1 Å². The van der Waals surface area contributed by atoms with Crippen LogP contribution < -0.4 is 10.6 Å².